The number of benzene rings is 1. The Morgan fingerprint density at radius 1 is 1.09 bits per heavy atom. The zero-order valence-electron chi connectivity index (χ0n) is 27.4. The number of pyridine rings is 1. The Morgan fingerprint density at radius 2 is 1.89 bits per heavy atom. The molecule has 0 radical (unpaired) electrons. The molecule has 46 heavy (non-hydrogen) atoms. The molecule has 12 heteroatoms. The number of hydrogen-bond donors (Lipinski definition) is 1. The Labute approximate surface area is 270 Å². The highest BCUT2D eigenvalue weighted by Gasteiger charge is 2.43. The molecule has 4 aliphatic rings. The van der Waals surface area contributed by atoms with Crippen LogP contribution in [0.1, 0.15) is 56.4 Å². The topological polar surface area (TPSA) is 96.7 Å². The minimum absolute atomic E-state index is 0.0809. The highest BCUT2D eigenvalue weighted by atomic mass is 19.1. The van der Waals surface area contributed by atoms with Crippen molar-refractivity contribution in [1.29, 1.82) is 0 Å². The maximum Gasteiger partial charge on any atom is 0.241 e. The number of piperazine rings is 1. The first-order valence-electron chi connectivity index (χ1n) is 16.6. The summed E-state index contributed by atoms with van der Waals surface area (Å²) in [5.74, 6) is 0.380. The normalized spacial score (nSPS) is 27.3. The molecule has 0 bridgehead atoms. The smallest absolute Gasteiger partial charge is 0.241 e. The number of carbonyl (C=O) groups is 1. The number of fused-ring (bicyclic) bond motifs is 3. The number of amides is 1. The second-order valence-electron chi connectivity index (χ2n) is 14.0. The molecule has 4 atom stereocenters. The fourth-order valence-electron chi connectivity index (χ4n) is 7.41. The van der Waals surface area contributed by atoms with Crippen LogP contribution in [-0.2, 0) is 30.8 Å². The van der Waals surface area contributed by atoms with Crippen LogP contribution in [0.15, 0.2) is 30.3 Å². The van der Waals surface area contributed by atoms with E-state index in [1.807, 2.05) is 9.42 Å². The molecule has 1 aromatic carbocycles. The lowest BCUT2D eigenvalue weighted by molar-refractivity contribution is -0.121. The van der Waals surface area contributed by atoms with Gasteiger partial charge in [-0.1, -0.05) is 26.0 Å². The predicted molar refractivity (Wildman–Crippen MR) is 172 cm³/mol. The van der Waals surface area contributed by atoms with Crippen molar-refractivity contribution in [3.8, 4) is 0 Å². The third kappa shape index (κ3) is 6.31. The monoisotopic (exact) mass is 635 g/mol. The standard InChI is InChI=1S/C34H46FN7O4/c1-22-16-40(27(15-36-22)17-39-9-10-44-19-23(39)2)18-30(43)41-21-34(3,4)31-28(41)14-25(13-24-5-7-26(35)8-6-24)33-37-32(38-42(31)33)29-20-45-11-12-46-29/h5-8,14,22-23,27,29,36H,9-13,15-21H2,1-4H3/t22-,23-,27-,29?/m1/s1. The number of halogens is 1. The summed E-state index contributed by atoms with van der Waals surface area (Å²) < 4.78 is 33.0. The minimum Gasteiger partial charge on any atom is -0.379 e. The van der Waals surface area contributed by atoms with Crippen molar-refractivity contribution < 1.29 is 23.4 Å². The van der Waals surface area contributed by atoms with Crippen LogP contribution in [0.4, 0.5) is 10.1 Å². The molecule has 4 aliphatic heterocycles. The number of morpholine rings is 1. The van der Waals surface area contributed by atoms with Crippen LogP contribution in [0, 0.1) is 5.82 Å². The summed E-state index contributed by atoms with van der Waals surface area (Å²) in [7, 11) is 0. The summed E-state index contributed by atoms with van der Waals surface area (Å²) in [6, 6.07) is 9.53. The van der Waals surface area contributed by atoms with Gasteiger partial charge in [-0.25, -0.2) is 13.9 Å². The summed E-state index contributed by atoms with van der Waals surface area (Å²) in [5.41, 5.74) is 4.05. The van der Waals surface area contributed by atoms with Crippen LogP contribution in [0.5, 0.6) is 0 Å². The molecule has 11 nitrogen and oxygen atoms in total. The van der Waals surface area contributed by atoms with E-state index in [-0.39, 0.29) is 29.3 Å². The molecular formula is C34H46FN7O4. The van der Waals surface area contributed by atoms with E-state index in [9.17, 15) is 9.18 Å². The fraction of sp³-hybridized carbons (Fsp3) is 0.618. The molecule has 0 spiro atoms. The molecule has 0 aliphatic carbocycles. The molecule has 3 fully saturated rings. The molecule has 6 heterocycles. The van der Waals surface area contributed by atoms with Crippen LogP contribution in [0.25, 0.3) is 5.65 Å². The highest BCUT2D eigenvalue weighted by Crippen LogP contribution is 2.42. The summed E-state index contributed by atoms with van der Waals surface area (Å²) in [6.07, 6.45) is 0.167. The van der Waals surface area contributed by atoms with E-state index in [1.165, 1.54) is 12.1 Å². The van der Waals surface area contributed by atoms with Gasteiger partial charge in [-0.2, -0.15) is 0 Å². The molecule has 1 amide bonds. The first-order valence-corrected chi connectivity index (χ1v) is 16.6. The van der Waals surface area contributed by atoms with Crippen molar-refractivity contribution in [1.82, 2.24) is 29.7 Å². The molecule has 1 unspecified atom stereocenters. The van der Waals surface area contributed by atoms with E-state index in [4.69, 9.17) is 24.3 Å². The van der Waals surface area contributed by atoms with Crippen molar-refractivity contribution in [3.63, 3.8) is 0 Å². The summed E-state index contributed by atoms with van der Waals surface area (Å²) >= 11 is 0. The largest absolute Gasteiger partial charge is 0.379 e. The molecule has 3 aromatic rings. The van der Waals surface area contributed by atoms with E-state index in [1.54, 1.807) is 12.1 Å². The predicted octanol–water partition coefficient (Wildman–Crippen LogP) is 2.55. The molecule has 248 valence electrons. The quantitative estimate of drug-likeness (QED) is 0.420. The number of anilines is 1. The summed E-state index contributed by atoms with van der Waals surface area (Å²) in [4.78, 5) is 26.2. The van der Waals surface area contributed by atoms with Crippen molar-refractivity contribution in [2.45, 2.75) is 63.8 Å². The maximum atomic E-state index is 14.4. The highest BCUT2D eigenvalue weighted by molar-refractivity contribution is 5.97. The summed E-state index contributed by atoms with van der Waals surface area (Å²) in [5, 5.41) is 8.63. The molecule has 7 rings (SSSR count). The van der Waals surface area contributed by atoms with Crippen molar-refractivity contribution in [3.05, 3.63) is 58.8 Å². The van der Waals surface area contributed by atoms with Crippen LogP contribution in [0.3, 0.4) is 0 Å². The third-order valence-corrected chi connectivity index (χ3v) is 9.89. The molecule has 3 saturated heterocycles. The lowest BCUT2D eigenvalue weighted by atomic mass is 9.90. The minimum atomic E-state index is -0.369. The molecule has 2 aromatic heterocycles. The van der Waals surface area contributed by atoms with Gasteiger partial charge >= 0.3 is 0 Å². The Balaban J connectivity index is 1.22. The number of nitrogens with zero attached hydrogens (tertiary/aromatic N) is 6. The van der Waals surface area contributed by atoms with E-state index < -0.39 is 0 Å². The van der Waals surface area contributed by atoms with Crippen molar-refractivity contribution in [2.24, 2.45) is 0 Å². The van der Waals surface area contributed by atoms with Crippen LogP contribution < -0.4 is 10.2 Å². The van der Waals surface area contributed by atoms with Gasteiger partial charge in [-0.3, -0.25) is 14.6 Å². The fourth-order valence-corrected chi connectivity index (χ4v) is 7.41. The third-order valence-electron chi connectivity index (χ3n) is 9.89. The Hall–Kier alpha value is -3.00. The van der Waals surface area contributed by atoms with Crippen LogP contribution >= 0.6 is 0 Å². The Kier molecular flexibility index (Phi) is 8.85. The Morgan fingerprint density at radius 3 is 2.65 bits per heavy atom. The maximum absolute atomic E-state index is 14.4. The number of nitrogens with one attached hydrogen (secondary N) is 1. The van der Waals surface area contributed by atoms with E-state index >= 15 is 0 Å². The van der Waals surface area contributed by atoms with Crippen LogP contribution in [0.2, 0.25) is 0 Å². The van der Waals surface area contributed by atoms with Gasteiger partial charge in [-0.05, 0) is 37.6 Å². The number of aromatic nitrogens is 3. The van der Waals surface area contributed by atoms with Gasteiger partial charge in [0.1, 0.15) is 11.9 Å². The van der Waals surface area contributed by atoms with Gasteiger partial charge in [0.05, 0.1) is 51.0 Å². The lowest BCUT2D eigenvalue weighted by Gasteiger charge is -2.43. The SMILES string of the molecule is C[C@@H]1CN(CC(=O)N2CC(C)(C)c3c2cc(Cc2ccc(F)cc2)c2nc(C4COCCO4)nn32)[C@@H](CN2CCOC[C@H]2C)CN1. The molecule has 0 saturated carbocycles. The van der Waals surface area contributed by atoms with Crippen molar-refractivity contribution >= 4 is 17.2 Å². The van der Waals surface area contributed by atoms with Crippen LogP contribution in [-0.4, -0.2) is 121 Å². The van der Waals surface area contributed by atoms with Gasteiger partial charge < -0.3 is 24.4 Å². The number of carbonyl (C=O) groups excluding carboxylic acids is 1. The summed E-state index contributed by atoms with van der Waals surface area (Å²) in [6.45, 7) is 16.0. The number of ether oxygens (including phenoxy) is 3. The number of hydrogen-bond acceptors (Lipinski definition) is 9. The zero-order valence-corrected chi connectivity index (χ0v) is 27.4. The van der Waals surface area contributed by atoms with Crippen molar-refractivity contribution in [2.75, 3.05) is 77.2 Å². The van der Waals surface area contributed by atoms with E-state index in [2.05, 4.69) is 48.9 Å². The Bertz CT molecular complexity index is 1560. The average molecular weight is 636 g/mol. The molecule has 1 N–H and O–H groups in total. The van der Waals surface area contributed by atoms with E-state index in [0.29, 0.717) is 57.2 Å². The zero-order chi connectivity index (χ0) is 32.0. The second-order valence-corrected chi connectivity index (χ2v) is 14.0. The number of rotatable bonds is 7. The van der Waals surface area contributed by atoms with Gasteiger partial charge in [0.25, 0.3) is 0 Å². The second kappa shape index (κ2) is 12.9. The van der Waals surface area contributed by atoms with Gasteiger partial charge in [0, 0.05) is 68.2 Å². The average Bonchev–Trinajstić information content (AvgIpc) is 3.60. The molecular weight excluding hydrogens is 589 g/mol. The first-order chi connectivity index (χ1) is 22.2. The first kappa shape index (κ1) is 31.6. The van der Waals surface area contributed by atoms with Gasteiger partial charge in [0.15, 0.2) is 11.5 Å². The lowest BCUT2D eigenvalue weighted by Crippen LogP contribution is -2.62. The van der Waals surface area contributed by atoms with Gasteiger partial charge in [0.2, 0.25) is 5.91 Å². The van der Waals surface area contributed by atoms with E-state index in [0.717, 1.165) is 67.5 Å². The van der Waals surface area contributed by atoms with Gasteiger partial charge in [-0.15, -0.1) is 5.10 Å².